The lowest BCUT2D eigenvalue weighted by Gasteiger charge is -2.23. The van der Waals surface area contributed by atoms with Crippen LogP contribution in [0.4, 0.5) is 14.9 Å². The zero-order valence-corrected chi connectivity index (χ0v) is 14.2. The Kier molecular flexibility index (Phi) is 5.18. The Labute approximate surface area is 150 Å². The lowest BCUT2D eigenvalue weighted by atomic mass is 10.1. The number of halogens is 1. The van der Waals surface area contributed by atoms with Crippen molar-refractivity contribution >= 4 is 17.7 Å². The van der Waals surface area contributed by atoms with Crippen LogP contribution in [0.2, 0.25) is 0 Å². The van der Waals surface area contributed by atoms with Crippen LogP contribution in [-0.4, -0.2) is 40.7 Å². The molecule has 0 aliphatic carbocycles. The molecular weight excluding hydrogens is 339 g/mol. The molecule has 1 aliphatic rings. The molecule has 7 heteroatoms. The molecule has 2 aromatic carbocycles. The summed E-state index contributed by atoms with van der Waals surface area (Å²) in [5, 5.41) is 12.5. The van der Waals surface area contributed by atoms with Gasteiger partial charge in [-0.05, 0) is 31.2 Å². The molecule has 6 nitrogen and oxygen atoms in total. The molecule has 2 atom stereocenters. The third kappa shape index (κ3) is 3.83. The molecule has 0 spiro atoms. The van der Waals surface area contributed by atoms with Crippen molar-refractivity contribution in [2.45, 2.75) is 25.5 Å². The van der Waals surface area contributed by atoms with Crippen molar-refractivity contribution in [3.05, 3.63) is 59.9 Å². The van der Waals surface area contributed by atoms with Gasteiger partial charge in [-0.2, -0.15) is 0 Å². The smallest absolute Gasteiger partial charge is 0.410 e. The monoisotopic (exact) mass is 358 g/mol. The van der Waals surface area contributed by atoms with Gasteiger partial charge in [-0.1, -0.05) is 24.3 Å². The standard InChI is InChI=1S/C19H19FN2O4/c1-12-15(20)8-5-9-16(12)21-18(24)17-10-13(23)11-22(17)19(25)26-14-6-3-2-4-7-14/h2-9,13,17,23H,10-11H2,1H3,(H,21,24)/t13-,17+/m1/s1. The maximum absolute atomic E-state index is 13.6. The van der Waals surface area contributed by atoms with Crippen LogP contribution in [-0.2, 0) is 4.79 Å². The van der Waals surface area contributed by atoms with E-state index < -0.39 is 30.0 Å². The molecular formula is C19H19FN2O4. The number of amides is 2. The normalized spacial score (nSPS) is 19.3. The van der Waals surface area contributed by atoms with E-state index in [1.165, 1.54) is 17.0 Å². The highest BCUT2D eigenvalue weighted by molar-refractivity contribution is 5.97. The van der Waals surface area contributed by atoms with E-state index in [4.69, 9.17) is 4.74 Å². The Morgan fingerprint density at radius 1 is 1.19 bits per heavy atom. The van der Waals surface area contributed by atoms with Crippen molar-refractivity contribution in [2.24, 2.45) is 0 Å². The van der Waals surface area contributed by atoms with Gasteiger partial charge in [0.05, 0.1) is 12.6 Å². The number of likely N-dealkylation sites (tertiary alicyclic amines) is 1. The van der Waals surface area contributed by atoms with Gasteiger partial charge in [-0.3, -0.25) is 9.69 Å². The summed E-state index contributed by atoms with van der Waals surface area (Å²) in [6.45, 7) is 1.54. The van der Waals surface area contributed by atoms with E-state index in [-0.39, 0.29) is 13.0 Å². The molecule has 1 saturated heterocycles. The molecule has 0 saturated carbocycles. The van der Waals surface area contributed by atoms with Gasteiger partial charge in [-0.25, -0.2) is 9.18 Å². The van der Waals surface area contributed by atoms with Crippen LogP contribution in [0, 0.1) is 12.7 Å². The molecule has 0 bridgehead atoms. The second-order valence-corrected chi connectivity index (χ2v) is 6.14. The lowest BCUT2D eigenvalue weighted by molar-refractivity contribution is -0.119. The molecule has 0 radical (unpaired) electrons. The van der Waals surface area contributed by atoms with Gasteiger partial charge in [0.2, 0.25) is 5.91 Å². The van der Waals surface area contributed by atoms with Crippen molar-refractivity contribution in [3.8, 4) is 5.75 Å². The number of β-amino-alcohol motifs (C(OH)–C–C–N with tert-alkyl or cyclic N) is 1. The largest absolute Gasteiger partial charge is 0.416 e. The minimum atomic E-state index is -0.899. The van der Waals surface area contributed by atoms with E-state index in [0.717, 1.165) is 0 Å². The summed E-state index contributed by atoms with van der Waals surface area (Å²) in [4.78, 5) is 26.2. The third-order valence-corrected chi connectivity index (χ3v) is 4.29. The van der Waals surface area contributed by atoms with Gasteiger partial charge in [0.15, 0.2) is 0 Å². The summed E-state index contributed by atoms with van der Waals surface area (Å²) in [6.07, 6.45) is -1.46. The van der Waals surface area contributed by atoms with Crippen LogP contribution in [0.5, 0.6) is 5.75 Å². The predicted molar refractivity (Wildman–Crippen MR) is 93.4 cm³/mol. The number of hydrogen-bond acceptors (Lipinski definition) is 4. The molecule has 1 aliphatic heterocycles. The average molecular weight is 358 g/mol. The molecule has 1 fully saturated rings. The summed E-state index contributed by atoms with van der Waals surface area (Å²) in [5.74, 6) is -0.589. The van der Waals surface area contributed by atoms with E-state index >= 15 is 0 Å². The topological polar surface area (TPSA) is 78.9 Å². The summed E-state index contributed by atoms with van der Waals surface area (Å²) >= 11 is 0. The Bertz CT molecular complexity index is 812. The Balaban J connectivity index is 1.73. The quantitative estimate of drug-likeness (QED) is 0.884. The summed E-state index contributed by atoms with van der Waals surface area (Å²) in [5.41, 5.74) is 0.630. The summed E-state index contributed by atoms with van der Waals surface area (Å²) < 4.78 is 18.9. The zero-order valence-electron chi connectivity index (χ0n) is 14.2. The van der Waals surface area contributed by atoms with Crippen LogP contribution in [0.15, 0.2) is 48.5 Å². The van der Waals surface area contributed by atoms with Gasteiger partial charge < -0.3 is 15.2 Å². The minimum Gasteiger partial charge on any atom is -0.410 e. The highest BCUT2D eigenvalue weighted by Gasteiger charge is 2.40. The van der Waals surface area contributed by atoms with Crippen LogP contribution in [0.3, 0.4) is 0 Å². The zero-order chi connectivity index (χ0) is 18.7. The fourth-order valence-corrected chi connectivity index (χ4v) is 2.87. The maximum atomic E-state index is 13.6. The van der Waals surface area contributed by atoms with Crippen molar-refractivity contribution in [1.29, 1.82) is 0 Å². The Hall–Kier alpha value is -2.93. The lowest BCUT2D eigenvalue weighted by Crippen LogP contribution is -2.44. The fraction of sp³-hybridized carbons (Fsp3) is 0.263. The molecule has 26 heavy (non-hydrogen) atoms. The average Bonchev–Trinajstić information content (AvgIpc) is 3.02. The highest BCUT2D eigenvalue weighted by atomic mass is 19.1. The number of anilines is 1. The van der Waals surface area contributed by atoms with Crippen LogP contribution >= 0.6 is 0 Å². The van der Waals surface area contributed by atoms with Crippen LogP contribution in [0.1, 0.15) is 12.0 Å². The SMILES string of the molecule is Cc1c(F)cccc1NC(=O)[C@@H]1C[C@@H](O)CN1C(=O)Oc1ccccc1. The molecule has 1 heterocycles. The third-order valence-electron chi connectivity index (χ3n) is 4.29. The second kappa shape index (κ2) is 7.53. The molecule has 0 unspecified atom stereocenters. The van der Waals surface area contributed by atoms with Crippen molar-refractivity contribution < 1.29 is 23.8 Å². The van der Waals surface area contributed by atoms with Gasteiger partial charge in [0, 0.05) is 17.7 Å². The number of nitrogens with zero attached hydrogens (tertiary/aromatic N) is 1. The second-order valence-electron chi connectivity index (χ2n) is 6.14. The van der Waals surface area contributed by atoms with Crippen molar-refractivity contribution in [1.82, 2.24) is 4.90 Å². The number of carbonyl (C=O) groups is 2. The van der Waals surface area contributed by atoms with E-state index in [9.17, 15) is 19.1 Å². The molecule has 2 amide bonds. The van der Waals surface area contributed by atoms with Crippen LogP contribution in [0.25, 0.3) is 0 Å². The van der Waals surface area contributed by atoms with E-state index in [2.05, 4.69) is 5.32 Å². The van der Waals surface area contributed by atoms with E-state index in [1.54, 1.807) is 43.3 Å². The number of rotatable bonds is 3. The first-order valence-electron chi connectivity index (χ1n) is 8.23. The number of nitrogens with one attached hydrogen (secondary N) is 1. The van der Waals surface area contributed by atoms with E-state index in [1.807, 2.05) is 0 Å². The molecule has 136 valence electrons. The van der Waals surface area contributed by atoms with E-state index in [0.29, 0.717) is 17.0 Å². The first kappa shape index (κ1) is 17.9. The van der Waals surface area contributed by atoms with Gasteiger partial charge in [0.1, 0.15) is 17.6 Å². The number of para-hydroxylation sites is 1. The number of carbonyl (C=O) groups excluding carboxylic acids is 2. The number of ether oxygens (including phenoxy) is 1. The summed E-state index contributed by atoms with van der Waals surface area (Å²) in [6, 6.07) is 11.9. The van der Waals surface area contributed by atoms with Crippen molar-refractivity contribution in [2.75, 3.05) is 11.9 Å². The van der Waals surface area contributed by atoms with Crippen molar-refractivity contribution in [3.63, 3.8) is 0 Å². The highest BCUT2D eigenvalue weighted by Crippen LogP contribution is 2.23. The fourth-order valence-electron chi connectivity index (χ4n) is 2.87. The molecule has 2 aromatic rings. The van der Waals surface area contributed by atoms with Crippen LogP contribution < -0.4 is 10.1 Å². The predicted octanol–water partition coefficient (Wildman–Crippen LogP) is 2.71. The summed E-state index contributed by atoms with van der Waals surface area (Å²) in [7, 11) is 0. The Morgan fingerprint density at radius 2 is 1.92 bits per heavy atom. The first-order chi connectivity index (χ1) is 12.5. The maximum Gasteiger partial charge on any atom is 0.416 e. The molecule has 3 rings (SSSR count). The van der Waals surface area contributed by atoms with Gasteiger partial charge in [-0.15, -0.1) is 0 Å². The Morgan fingerprint density at radius 3 is 2.65 bits per heavy atom. The van der Waals surface area contributed by atoms with Gasteiger partial charge in [0.25, 0.3) is 0 Å². The number of benzene rings is 2. The first-order valence-corrected chi connectivity index (χ1v) is 8.23. The number of hydrogen-bond donors (Lipinski definition) is 2. The van der Waals surface area contributed by atoms with Gasteiger partial charge >= 0.3 is 6.09 Å². The molecule has 2 N–H and O–H groups in total. The minimum absolute atomic E-state index is 0.00805. The number of aliphatic hydroxyl groups excluding tert-OH is 1. The number of aliphatic hydroxyl groups is 1. The molecule has 0 aromatic heterocycles.